The number of amides is 1. The number of alkyl halides is 3. The highest BCUT2D eigenvalue weighted by Crippen LogP contribution is 2.33. The molecule has 16 heavy (non-hydrogen) atoms. The standard InChI is InChI=1S/C9H6F5NO/c1-15-8(16)4-2-5(10)7(6(11)3-4)9(12,13)14/h2-3H,1H3,(H,15,16). The summed E-state index contributed by atoms with van der Waals surface area (Å²) < 4.78 is 62.4. The Morgan fingerprint density at radius 3 is 1.94 bits per heavy atom. The SMILES string of the molecule is CNC(=O)c1cc(F)c(C(F)(F)F)c(F)c1. The Hall–Kier alpha value is -1.66. The first-order valence-electron chi connectivity index (χ1n) is 4.05. The van der Waals surface area contributed by atoms with E-state index in [0.717, 1.165) is 0 Å². The van der Waals surface area contributed by atoms with Crippen LogP contribution < -0.4 is 5.32 Å². The summed E-state index contributed by atoms with van der Waals surface area (Å²) in [4.78, 5) is 11.0. The van der Waals surface area contributed by atoms with E-state index in [-0.39, 0.29) is 0 Å². The molecule has 1 aromatic rings. The minimum Gasteiger partial charge on any atom is -0.355 e. The maximum absolute atomic E-state index is 13.0. The zero-order valence-electron chi connectivity index (χ0n) is 7.95. The van der Waals surface area contributed by atoms with Gasteiger partial charge in [-0.25, -0.2) is 8.78 Å². The van der Waals surface area contributed by atoms with Crippen molar-refractivity contribution in [2.24, 2.45) is 0 Å². The highest BCUT2D eigenvalue weighted by atomic mass is 19.4. The van der Waals surface area contributed by atoms with Crippen LogP contribution in [0.4, 0.5) is 22.0 Å². The summed E-state index contributed by atoms with van der Waals surface area (Å²) in [6, 6.07) is 0.676. The minimum absolute atomic E-state index is 0.338. The van der Waals surface area contributed by atoms with E-state index in [0.29, 0.717) is 12.1 Å². The number of benzene rings is 1. The van der Waals surface area contributed by atoms with Crippen LogP contribution in [0.15, 0.2) is 12.1 Å². The number of nitrogens with one attached hydrogen (secondary N) is 1. The molecular formula is C9H6F5NO. The molecule has 0 aliphatic heterocycles. The van der Waals surface area contributed by atoms with E-state index >= 15 is 0 Å². The van der Waals surface area contributed by atoms with Gasteiger partial charge < -0.3 is 5.32 Å². The van der Waals surface area contributed by atoms with Gasteiger partial charge in [0.05, 0.1) is 0 Å². The second-order valence-electron chi connectivity index (χ2n) is 2.89. The molecule has 0 fully saturated rings. The first-order chi connectivity index (χ1) is 7.27. The van der Waals surface area contributed by atoms with E-state index in [1.165, 1.54) is 7.05 Å². The van der Waals surface area contributed by atoms with Crippen molar-refractivity contribution in [3.63, 3.8) is 0 Å². The largest absolute Gasteiger partial charge is 0.422 e. The van der Waals surface area contributed by atoms with Gasteiger partial charge in [0.2, 0.25) is 0 Å². The van der Waals surface area contributed by atoms with Crippen LogP contribution in [-0.2, 0) is 6.18 Å². The molecule has 0 spiro atoms. The smallest absolute Gasteiger partial charge is 0.355 e. The Labute approximate surface area is 87.1 Å². The van der Waals surface area contributed by atoms with Crippen molar-refractivity contribution in [1.82, 2.24) is 5.32 Å². The predicted molar refractivity (Wildman–Crippen MR) is 44.8 cm³/mol. The van der Waals surface area contributed by atoms with Gasteiger partial charge in [-0.15, -0.1) is 0 Å². The highest BCUT2D eigenvalue weighted by molar-refractivity contribution is 5.94. The Bertz CT molecular complexity index is 403. The second kappa shape index (κ2) is 4.07. The summed E-state index contributed by atoms with van der Waals surface area (Å²) >= 11 is 0. The van der Waals surface area contributed by atoms with Crippen molar-refractivity contribution in [2.75, 3.05) is 7.05 Å². The van der Waals surface area contributed by atoms with Crippen LogP contribution in [0.3, 0.4) is 0 Å². The van der Waals surface area contributed by atoms with Crippen molar-refractivity contribution in [2.45, 2.75) is 6.18 Å². The molecule has 1 aromatic carbocycles. The number of rotatable bonds is 1. The van der Waals surface area contributed by atoms with Crippen LogP contribution in [0.1, 0.15) is 15.9 Å². The van der Waals surface area contributed by atoms with Crippen molar-refractivity contribution in [3.05, 3.63) is 34.9 Å². The van der Waals surface area contributed by atoms with Gasteiger partial charge in [0.1, 0.15) is 17.2 Å². The highest BCUT2D eigenvalue weighted by Gasteiger charge is 2.38. The van der Waals surface area contributed by atoms with Crippen molar-refractivity contribution in [3.8, 4) is 0 Å². The summed E-state index contributed by atoms with van der Waals surface area (Å²) in [6.07, 6.45) is -5.13. The van der Waals surface area contributed by atoms with Crippen LogP contribution in [0, 0.1) is 11.6 Å². The Morgan fingerprint density at radius 2 is 1.62 bits per heavy atom. The number of halogens is 5. The van der Waals surface area contributed by atoms with E-state index in [1.807, 2.05) is 5.32 Å². The van der Waals surface area contributed by atoms with Gasteiger partial charge in [-0.3, -0.25) is 4.79 Å². The van der Waals surface area contributed by atoms with Crippen molar-refractivity contribution >= 4 is 5.91 Å². The first-order valence-corrected chi connectivity index (χ1v) is 4.05. The van der Waals surface area contributed by atoms with Gasteiger partial charge in [-0.05, 0) is 12.1 Å². The summed E-state index contributed by atoms with van der Waals surface area (Å²) in [5.41, 5.74) is -2.51. The average Bonchev–Trinajstić information content (AvgIpc) is 2.13. The molecule has 1 N–H and O–H groups in total. The third kappa shape index (κ3) is 2.29. The molecule has 1 rings (SSSR count). The van der Waals surface area contributed by atoms with Crippen LogP contribution in [0.25, 0.3) is 0 Å². The lowest BCUT2D eigenvalue weighted by Gasteiger charge is -2.10. The molecule has 0 bridgehead atoms. The fourth-order valence-corrected chi connectivity index (χ4v) is 1.12. The monoisotopic (exact) mass is 239 g/mol. The van der Waals surface area contributed by atoms with Crippen LogP contribution in [0.2, 0.25) is 0 Å². The van der Waals surface area contributed by atoms with E-state index in [1.54, 1.807) is 0 Å². The second-order valence-corrected chi connectivity index (χ2v) is 2.89. The molecule has 0 heterocycles. The number of carbonyl (C=O) groups excluding carboxylic acids is 1. The maximum atomic E-state index is 13.0. The lowest BCUT2D eigenvalue weighted by Crippen LogP contribution is -2.20. The predicted octanol–water partition coefficient (Wildman–Crippen LogP) is 2.34. The van der Waals surface area contributed by atoms with Gasteiger partial charge >= 0.3 is 6.18 Å². The average molecular weight is 239 g/mol. The van der Waals surface area contributed by atoms with Gasteiger partial charge in [0, 0.05) is 12.6 Å². The number of hydrogen-bond acceptors (Lipinski definition) is 1. The van der Waals surface area contributed by atoms with Gasteiger partial charge in [0.15, 0.2) is 0 Å². The Kier molecular flexibility index (Phi) is 3.16. The summed E-state index contributed by atoms with van der Waals surface area (Å²) in [5.74, 6) is -4.50. The van der Waals surface area contributed by atoms with Crippen LogP contribution in [-0.4, -0.2) is 13.0 Å². The molecular weight excluding hydrogens is 233 g/mol. The third-order valence-corrected chi connectivity index (χ3v) is 1.81. The molecule has 0 aliphatic rings. The van der Waals surface area contributed by atoms with Crippen LogP contribution in [0.5, 0.6) is 0 Å². The molecule has 2 nitrogen and oxygen atoms in total. The zero-order chi connectivity index (χ0) is 12.5. The summed E-state index contributed by atoms with van der Waals surface area (Å²) in [7, 11) is 1.19. The Morgan fingerprint density at radius 1 is 1.19 bits per heavy atom. The molecule has 0 unspecified atom stereocenters. The van der Waals surface area contributed by atoms with Crippen molar-refractivity contribution in [1.29, 1.82) is 0 Å². The first kappa shape index (κ1) is 12.4. The van der Waals surface area contributed by atoms with E-state index in [2.05, 4.69) is 0 Å². The van der Waals surface area contributed by atoms with Gasteiger partial charge in [-0.2, -0.15) is 13.2 Å². The fraction of sp³-hybridized carbons (Fsp3) is 0.222. The lowest BCUT2D eigenvalue weighted by molar-refractivity contribution is -0.142. The molecule has 1 amide bonds. The number of hydrogen-bond donors (Lipinski definition) is 1. The normalized spacial score (nSPS) is 11.4. The molecule has 88 valence electrons. The minimum atomic E-state index is -5.13. The molecule has 0 aromatic heterocycles. The number of carbonyl (C=O) groups is 1. The zero-order valence-corrected chi connectivity index (χ0v) is 7.95. The van der Waals surface area contributed by atoms with Gasteiger partial charge in [0.25, 0.3) is 5.91 Å². The Balaban J connectivity index is 3.34. The molecule has 0 saturated carbocycles. The van der Waals surface area contributed by atoms with Crippen molar-refractivity contribution < 1.29 is 26.7 Å². The van der Waals surface area contributed by atoms with E-state index < -0.39 is 34.8 Å². The molecule has 0 radical (unpaired) electrons. The molecule has 0 atom stereocenters. The van der Waals surface area contributed by atoms with E-state index in [9.17, 15) is 26.7 Å². The molecule has 0 aliphatic carbocycles. The maximum Gasteiger partial charge on any atom is 0.422 e. The summed E-state index contributed by atoms with van der Waals surface area (Å²) in [5, 5.41) is 2.04. The topological polar surface area (TPSA) is 29.1 Å². The lowest BCUT2D eigenvalue weighted by atomic mass is 10.1. The van der Waals surface area contributed by atoms with Gasteiger partial charge in [-0.1, -0.05) is 0 Å². The van der Waals surface area contributed by atoms with E-state index in [4.69, 9.17) is 0 Å². The fourth-order valence-electron chi connectivity index (χ4n) is 1.12. The third-order valence-electron chi connectivity index (χ3n) is 1.81. The summed E-state index contributed by atoms with van der Waals surface area (Å²) in [6.45, 7) is 0. The molecule has 7 heteroatoms. The quantitative estimate of drug-likeness (QED) is 0.749. The van der Waals surface area contributed by atoms with Crippen LogP contribution >= 0.6 is 0 Å². The molecule has 0 saturated heterocycles.